The maximum absolute atomic E-state index is 11.9. The minimum Gasteiger partial charge on any atom is -0.341 e. The zero-order valence-corrected chi connectivity index (χ0v) is 10.4. The molecule has 2 rings (SSSR count). The molecule has 17 heavy (non-hydrogen) atoms. The molecule has 7 heteroatoms. The Morgan fingerprint density at radius 2 is 2.41 bits per heavy atom. The smallest absolute Gasteiger partial charge is 0.274 e. The van der Waals surface area contributed by atoms with Gasteiger partial charge >= 0.3 is 0 Å². The molecule has 0 aliphatic rings. The lowest BCUT2D eigenvalue weighted by molar-refractivity contribution is 0.0929. The molecule has 0 bridgehead atoms. The molecule has 0 unspecified atom stereocenters. The molecule has 90 valence electrons. The summed E-state index contributed by atoms with van der Waals surface area (Å²) in [4.78, 5) is 16.1. The number of aryl methyl sites for hydroxylation is 1. The number of carbonyl (C=O) groups excluding carboxylic acids is 1. The number of hydrogen-bond donors (Lipinski definition) is 2. The van der Waals surface area contributed by atoms with Gasteiger partial charge in [0.05, 0.1) is 11.7 Å². The van der Waals surface area contributed by atoms with E-state index in [0.29, 0.717) is 11.4 Å². The summed E-state index contributed by atoms with van der Waals surface area (Å²) in [5.41, 5.74) is 0.927. The topological polar surface area (TPSA) is 83.6 Å². The van der Waals surface area contributed by atoms with Crippen LogP contribution in [0.4, 0.5) is 0 Å². The third kappa shape index (κ3) is 2.50. The lowest BCUT2D eigenvalue weighted by atomic mass is 10.2. The van der Waals surface area contributed by atoms with Crippen molar-refractivity contribution in [1.82, 2.24) is 25.7 Å². The Kier molecular flexibility index (Phi) is 3.48. The van der Waals surface area contributed by atoms with Gasteiger partial charge in [0.1, 0.15) is 5.01 Å². The van der Waals surface area contributed by atoms with E-state index in [1.807, 2.05) is 12.3 Å². The first kappa shape index (κ1) is 11.7. The van der Waals surface area contributed by atoms with E-state index in [2.05, 4.69) is 25.7 Å². The van der Waals surface area contributed by atoms with Crippen molar-refractivity contribution < 1.29 is 4.79 Å². The van der Waals surface area contributed by atoms with E-state index in [-0.39, 0.29) is 11.9 Å². The van der Waals surface area contributed by atoms with E-state index in [0.717, 1.165) is 11.4 Å². The Labute approximate surface area is 102 Å². The van der Waals surface area contributed by atoms with Crippen LogP contribution in [0.3, 0.4) is 0 Å². The van der Waals surface area contributed by atoms with E-state index in [1.54, 1.807) is 13.1 Å². The normalized spacial score (nSPS) is 12.4. The van der Waals surface area contributed by atoms with Gasteiger partial charge in [0.2, 0.25) is 0 Å². The maximum atomic E-state index is 11.9. The fraction of sp³-hybridized carbons (Fsp3) is 0.400. The molecular formula is C10H13N5OS. The van der Waals surface area contributed by atoms with Gasteiger partial charge < -0.3 is 5.32 Å². The lowest BCUT2D eigenvalue weighted by Crippen LogP contribution is -2.28. The van der Waals surface area contributed by atoms with Crippen LogP contribution in [0.15, 0.2) is 11.6 Å². The van der Waals surface area contributed by atoms with Crippen LogP contribution in [-0.2, 0) is 0 Å². The Morgan fingerprint density at radius 1 is 1.59 bits per heavy atom. The van der Waals surface area contributed by atoms with E-state index >= 15 is 0 Å². The minimum absolute atomic E-state index is 0.0707. The van der Waals surface area contributed by atoms with Gasteiger partial charge in [-0.3, -0.25) is 4.79 Å². The van der Waals surface area contributed by atoms with Crippen LogP contribution in [0.5, 0.6) is 0 Å². The zero-order chi connectivity index (χ0) is 12.3. The highest BCUT2D eigenvalue weighted by molar-refractivity contribution is 7.09. The van der Waals surface area contributed by atoms with Crippen LogP contribution >= 0.6 is 11.3 Å². The quantitative estimate of drug-likeness (QED) is 0.861. The summed E-state index contributed by atoms with van der Waals surface area (Å²) >= 11 is 1.53. The Bertz CT molecular complexity index is 493. The predicted octanol–water partition coefficient (Wildman–Crippen LogP) is 1.45. The number of carbonyl (C=O) groups is 1. The Morgan fingerprint density at radius 3 is 2.94 bits per heavy atom. The summed E-state index contributed by atoms with van der Waals surface area (Å²) in [5, 5.41) is 15.8. The Balaban J connectivity index is 2.10. The highest BCUT2D eigenvalue weighted by Gasteiger charge is 2.19. The highest BCUT2D eigenvalue weighted by atomic mass is 32.1. The van der Waals surface area contributed by atoms with Crippen molar-refractivity contribution in [3.8, 4) is 0 Å². The summed E-state index contributed by atoms with van der Waals surface area (Å²) in [6, 6.07) is -0.0707. The van der Waals surface area contributed by atoms with Crippen LogP contribution in [0, 0.1) is 6.92 Å². The van der Waals surface area contributed by atoms with Crippen molar-refractivity contribution >= 4 is 17.2 Å². The molecule has 0 saturated carbocycles. The number of nitrogens with one attached hydrogen (secondary N) is 2. The molecule has 0 radical (unpaired) electrons. The first-order valence-electron chi connectivity index (χ1n) is 5.30. The number of rotatable bonds is 4. The minimum atomic E-state index is -0.224. The molecule has 0 aliphatic carbocycles. The second kappa shape index (κ2) is 5.05. The highest BCUT2D eigenvalue weighted by Crippen LogP contribution is 2.19. The molecule has 0 aromatic carbocycles. The lowest BCUT2D eigenvalue weighted by Gasteiger charge is -2.13. The van der Waals surface area contributed by atoms with Crippen LogP contribution < -0.4 is 5.32 Å². The molecular weight excluding hydrogens is 238 g/mol. The SMILES string of the molecule is CC[C@H](NC(=O)c1n[nH]nc1C)c1nccs1. The number of thiazole rings is 1. The van der Waals surface area contributed by atoms with Crippen LogP contribution in [0.25, 0.3) is 0 Å². The first-order chi connectivity index (χ1) is 8.22. The maximum Gasteiger partial charge on any atom is 0.274 e. The van der Waals surface area contributed by atoms with Crippen molar-refractivity contribution in [2.24, 2.45) is 0 Å². The van der Waals surface area contributed by atoms with E-state index < -0.39 is 0 Å². The fourth-order valence-electron chi connectivity index (χ4n) is 1.47. The summed E-state index contributed by atoms with van der Waals surface area (Å²) in [7, 11) is 0. The molecule has 0 aliphatic heterocycles. The first-order valence-corrected chi connectivity index (χ1v) is 6.18. The van der Waals surface area contributed by atoms with Crippen LogP contribution in [0.1, 0.15) is 40.6 Å². The van der Waals surface area contributed by atoms with Crippen molar-refractivity contribution in [1.29, 1.82) is 0 Å². The molecule has 2 aromatic heterocycles. The van der Waals surface area contributed by atoms with Crippen LogP contribution in [-0.4, -0.2) is 26.3 Å². The summed E-state index contributed by atoms with van der Waals surface area (Å²) in [6.07, 6.45) is 2.52. The van der Waals surface area contributed by atoms with E-state index in [1.165, 1.54) is 11.3 Å². The molecule has 2 heterocycles. The fourth-order valence-corrected chi connectivity index (χ4v) is 2.24. The van der Waals surface area contributed by atoms with Gasteiger partial charge in [-0.1, -0.05) is 6.92 Å². The average Bonchev–Trinajstić information content (AvgIpc) is 2.96. The Hall–Kier alpha value is -1.76. The standard InChI is InChI=1S/C10H13N5OS/c1-3-7(10-11-4-5-17-10)12-9(16)8-6(2)13-15-14-8/h4-5,7H,3H2,1-2H3,(H,12,16)(H,13,14,15)/t7-/m0/s1. The van der Waals surface area contributed by atoms with Gasteiger partial charge in [-0.25, -0.2) is 4.98 Å². The van der Waals surface area contributed by atoms with Crippen molar-refractivity contribution in [2.45, 2.75) is 26.3 Å². The monoisotopic (exact) mass is 251 g/mol. The molecule has 2 N–H and O–H groups in total. The summed E-state index contributed by atoms with van der Waals surface area (Å²) in [6.45, 7) is 3.74. The number of H-pyrrole nitrogens is 1. The van der Waals surface area contributed by atoms with E-state index in [9.17, 15) is 4.79 Å². The second-order valence-electron chi connectivity index (χ2n) is 3.56. The molecule has 0 spiro atoms. The van der Waals surface area contributed by atoms with Crippen molar-refractivity contribution in [3.05, 3.63) is 28.0 Å². The number of aromatic amines is 1. The summed E-state index contributed by atoms with van der Waals surface area (Å²) in [5.74, 6) is -0.224. The number of aromatic nitrogens is 4. The van der Waals surface area contributed by atoms with E-state index in [4.69, 9.17) is 0 Å². The molecule has 6 nitrogen and oxygen atoms in total. The van der Waals surface area contributed by atoms with Gasteiger partial charge in [0, 0.05) is 11.6 Å². The largest absolute Gasteiger partial charge is 0.341 e. The van der Waals surface area contributed by atoms with Crippen molar-refractivity contribution in [2.75, 3.05) is 0 Å². The second-order valence-corrected chi connectivity index (χ2v) is 4.49. The van der Waals surface area contributed by atoms with Gasteiger partial charge in [-0.2, -0.15) is 15.4 Å². The average molecular weight is 251 g/mol. The molecule has 2 aromatic rings. The predicted molar refractivity (Wildman–Crippen MR) is 63.7 cm³/mol. The van der Waals surface area contributed by atoms with Crippen molar-refractivity contribution in [3.63, 3.8) is 0 Å². The summed E-state index contributed by atoms with van der Waals surface area (Å²) < 4.78 is 0. The van der Waals surface area contributed by atoms with Gasteiger partial charge in [0.25, 0.3) is 5.91 Å². The number of hydrogen-bond acceptors (Lipinski definition) is 5. The van der Waals surface area contributed by atoms with Gasteiger partial charge in [-0.05, 0) is 13.3 Å². The van der Waals surface area contributed by atoms with Gasteiger partial charge in [0.15, 0.2) is 5.69 Å². The molecule has 1 atom stereocenters. The van der Waals surface area contributed by atoms with Gasteiger partial charge in [-0.15, -0.1) is 11.3 Å². The number of nitrogens with zero attached hydrogens (tertiary/aromatic N) is 3. The zero-order valence-electron chi connectivity index (χ0n) is 9.60. The molecule has 0 fully saturated rings. The molecule has 1 amide bonds. The third-order valence-corrected chi connectivity index (χ3v) is 3.29. The third-order valence-electron chi connectivity index (χ3n) is 2.40. The molecule has 0 saturated heterocycles. The van der Waals surface area contributed by atoms with Crippen LogP contribution in [0.2, 0.25) is 0 Å². The number of amides is 1.